The molecule has 0 bridgehead atoms. The predicted molar refractivity (Wildman–Crippen MR) is 80.4 cm³/mol. The van der Waals surface area contributed by atoms with Crippen LogP contribution in [0, 0.1) is 17.8 Å². The summed E-state index contributed by atoms with van der Waals surface area (Å²) in [4.78, 5) is 4.47. The highest BCUT2D eigenvalue weighted by Crippen LogP contribution is 2.57. The number of aromatic nitrogens is 3. The first-order chi connectivity index (χ1) is 9.85. The molecule has 4 heteroatoms. The van der Waals surface area contributed by atoms with E-state index in [0.717, 1.165) is 43.1 Å². The molecule has 2 aliphatic carbocycles. The number of nitrogens with zero attached hydrogens (tertiary/aromatic N) is 3. The summed E-state index contributed by atoms with van der Waals surface area (Å²) in [5.41, 5.74) is 0. The second-order valence-electron chi connectivity index (χ2n) is 6.45. The number of fused-ring (bicyclic) bond motifs is 1. The largest absolute Gasteiger partial charge is 0.313 e. The summed E-state index contributed by atoms with van der Waals surface area (Å²) in [6.45, 7) is 6.44. The molecule has 112 valence electrons. The summed E-state index contributed by atoms with van der Waals surface area (Å²) in [5.74, 6) is 4.04. The van der Waals surface area contributed by atoms with Gasteiger partial charge in [0.15, 0.2) is 0 Å². The van der Waals surface area contributed by atoms with E-state index in [0.29, 0.717) is 6.04 Å². The molecule has 20 heavy (non-hydrogen) atoms. The minimum absolute atomic E-state index is 0.609. The van der Waals surface area contributed by atoms with E-state index >= 15 is 0 Å². The Labute approximate surface area is 122 Å². The minimum Gasteiger partial charge on any atom is -0.313 e. The number of nitrogens with one attached hydrogen (secondary N) is 1. The van der Waals surface area contributed by atoms with E-state index in [1.165, 1.54) is 32.1 Å². The number of aryl methyl sites for hydroxylation is 1. The predicted octanol–water partition coefficient (Wildman–Crippen LogP) is 2.64. The quantitative estimate of drug-likeness (QED) is 0.832. The Bertz CT molecular complexity index is 416. The van der Waals surface area contributed by atoms with Crippen molar-refractivity contribution in [2.24, 2.45) is 17.8 Å². The first kappa shape index (κ1) is 14.1. The van der Waals surface area contributed by atoms with Crippen LogP contribution in [0.2, 0.25) is 0 Å². The van der Waals surface area contributed by atoms with Crippen molar-refractivity contribution in [3.05, 3.63) is 12.2 Å². The molecule has 1 heterocycles. The fourth-order valence-electron chi connectivity index (χ4n) is 4.23. The van der Waals surface area contributed by atoms with Gasteiger partial charge in [-0.3, -0.25) is 4.68 Å². The van der Waals surface area contributed by atoms with E-state index in [4.69, 9.17) is 0 Å². The summed E-state index contributed by atoms with van der Waals surface area (Å²) in [6, 6.07) is 0.609. The van der Waals surface area contributed by atoms with Crippen LogP contribution in [0.4, 0.5) is 0 Å². The van der Waals surface area contributed by atoms with Crippen LogP contribution in [-0.2, 0) is 13.0 Å². The van der Waals surface area contributed by atoms with Gasteiger partial charge in [-0.25, -0.2) is 4.98 Å². The average molecular weight is 276 g/mol. The van der Waals surface area contributed by atoms with E-state index < -0.39 is 0 Å². The van der Waals surface area contributed by atoms with Crippen molar-refractivity contribution < 1.29 is 0 Å². The molecular formula is C16H28N4. The zero-order valence-electron chi connectivity index (χ0n) is 12.9. The molecule has 0 amide bonds. The van der Waals surface area contributed by atoms with Crippen LogP contribution in [0.1, 0.15) is 51.8 Å². The normalized spacial score (nSPS) is 30.0. The molecule has 0 radical (unpaired) electrons. The molecule has 0 aromatic carbocycles. The summed E-state index contributed by atoms with van der Waals surface area (Å²) in [6.07, 6.45) is 9.77. The molecule has 3 unspecified atom stereocenters. The summed E-state index contributed by atoms with van der Waals surface area (Å²) in [5, 5.41) is 8.11. The molecule has 1 aromatic rings. The van der Waals surface area contributed by atoms with Gasteiger partial charge in [0.1, 0.15) is 12.2 Å². The van der Waals surface area contributed by atoms with Gasteiger partial charge in [-0.1, -0.05) is 19.8 Å². The molecule has 3 rings (SSSR count). The van der Waals surface area contributed by atoms with E-state index in [1.54, 1.807) is 6.33 Å². The number of hydrogen-bond acceptors (Lipinski definition) is 3. The van der Waals surface area contributed by atoms with Crippen molar-refractivity contribution in [3.8, 4) is 0 Å². The third-order valence-electron chi connectivity index (χ3n) is 5.24. The third kappa shape index (κ3) is 2.76. The van der Waals surface area contributed by atoms with Crippen molar-refractivity contribution in [2.75, 3.05) is 6.54 Å². The van der Waals surface area contributed by atoms with Gasteiger partial charge in [0.05, 0.1) is 0 Å². The summed E-state index contributed by atoms with van der Waals surface area (Å²) < 4.78 is 2.05. The van der Waals surface area contributed by atoms with Crippen molar-refractivity contribution in [2.45, 2.75) is 65.0 Å². The number of rotatable bonds is 7. The second-order valence-corrected chi connectivity index (χ2v) is 6.45. The molecule has 0 aliphatic heterocycles. The maximum atomic E-state index is 4.47. The van der Waals surface area contributed by atoms with Crippen LogP contribution in [0.5, 0.6) is 0 Å². The topological polar surface area (TPSA) is 42.7 Å². The van der Waals surface area contributed by atoms with Crippen molar-refractivity contribution in [3.63, 3.8) is 0 Å². The van der Waals surface area contributed by atoms with Crippen LogP contribution in [0.3, 0.4) is 0 Å². The van der Waals surface area contributed by atoms with Gasteiger partial charge in [0.2, 0.25) is 0 Å². The molecule has 1 N–H and O–H groups in total. The molecule has 3 atom stereocenters. The maximum absolute atomic E-state index is 4.47. The zero-order valence-corrected chi connectivity index (χ0v) is 12.9. The lowest BCUT2D eigenvalue weighted by Crippen LogP contribution is -2.35. The molecule has 2 fully saturated rings. The first-order valence-electron chi connectivity index (χ1n) is 8.45. The minimum atomic E-state index is 0.609. The lowest BCUT2D eigenvalue weighted by molar-refractivity contribution is 0.412. The fraction of sp³-hybridized carbons (Fsp3) is 0.875. The molecule has 4 nitrogen and oxygen atoms in total. The van der Waals surface area contributed by atoms with Crippen molar-refractivity contribution in [1.82, 2.24) is 20.1 Å². The van der Waals surface area contributed by atoms with Crippen LogP contribution in [0.15, 0.2) is 6.33 Å². The first-order valence-corrected chi connectivity index (χ1v) is 8.45. The van der Waals surface area contributed by atoms with Crippen LogP contribution in [-0.4, -0.2) is 27.4 Å². The molecule has 0 spiro atoms. The Morgan fingerprint density at radius 2 is 2.05 bits per heavy atom. The van der Waals surface area contributed by atoms with E-state index in [9.17, 15) is 0 Å². The van der Waals surface area contributed by atoms with Gasteiger partial charge >= 0.3 is 0 Å². The number of hydrogen-bond donors (Lipinski definition) is 1. The van der Waals surface area contributed by atoms with E-state index in [-0.39, 0.29) is 0 Å². The third-order valence-corrected chi connectivity index (χ3v) is 5.24. The van der Waals surface area contributed by atoms with Crippen LogP contribution < -0.4 is 5.32 Å². The van der Waals surface area contributed by atoms with Gasteiger partial charge in [-0.2, -0.15) is 5.10 Å². The SMILES string of the molecule is CCCNC(Cc1ncnn1CC)C1C2CCCCC21. The Morgan fingerprint density at radius 1 is 1.30 bits per heavy atom. The Morgan fingerprint density at radius 3 is 2.70 bits per heavy atom. The fourth-order valence-corrected chi connectivity index (χ4v) is 4.23. The standard InChI is InChI=1S/C16H28N4/c1-3-9-17-14(10-15-18-11-19-20(15)4-2)16-12-7-5-6-8-13(12)16/h11-14,16-17H,3-10H2,1-2H3. The van der Waals surface area contributed by atoms with Gasteiger partial charge < -0.3 is 5.32 Å². The molecule has 1 aromatic heterocycles. The highest BCUT2D eigenvalue weighted by atomic mass is 15.3. The van der Waals surface area contributed by atoms with E-state index in [2.05, 4.69) is 29.2 Å². The van der Waals surface area contributed by atoms with Crippen molar-refractivity contribution >= 4 is 0 Å². The molecule has 0 saturated heterocycles. The van der Waals surface area contributed by atoms with Gasteiger partial charge in [0.25, 0.3) is 0 Å². The highest BCUT2D eigenvalue weighted by molar-refractivity contribution is 5.07. The lowest BCUT2D eigenvalue weighted by atomic mass is 10.0. The monoisotopic (exact) mass is 276 g/mol. The van der Waals surface area contributed by atoms with E-state index in [1.807, 2.05) is 4.68 Å². The second kappa shape index (κ2) is 6.25. The van der Waals surface area contributed by atoms with Gasteiger partial charge in [-0.05, 0) is 50.5 Å². The van der Waals surface area contributed by atoms with Gasteiger partial charge in [-0.15, -0.1) is 0 Å². The molecule has 2 saturated carbocycles. The summed E-state index contributed by atoms with van der Waals surface area (Å²) in [7, 11) is 0. The van der Waals surface area contributed by atoms with Gasteiger partial charge in [0, 0.05) is 19.0 Å². The molecular weight excluding hydrogens is 248 g/mol. The Hall–Kier alpha value is -0.900. The lowest BCUT2D eigenvalue weighted by Gasteiger charge is -2.19. The molecule has 2 aliphatic rings. The Balaban J connectivity index is 1.67. The summed E-state index contributed by atoms with van der Waals surface area (Å²) >= 11 is 0. The maximum Gasteiger partial charge on any atom is 0.138 e. The highest BCUT2D eigenvalue weighted by Gasteiger charge is 2.53. The van der Waals surface area contributed by atoms with Crippen LogP contribution >= 0.6 is 0 Å². The smallest absolute Gasteiger partial charge is 0.138 e. The average Bonchev–Trinajstić information content (AvgIpc) is 3.04. The zero-order chi connectivity index (χ0) is 13.9. The Kier molecular flexibility index (Phi) is 4.39. The van der Waals surface area contributed by atoms with Crippen molar-refractivity contribution in [1.29, 1.82) is 0 Å². The van der Waals surface area contributed by atoms with Crippen LogP contribution in [0.25, 0.3) is 0 Å².